The fourth-order valence-electron chi connectivity index (χ4n) is 2.01. The molecular weight excluding hydrogens is 272 g/mol. The van der Waals surface area contributed by atoms with Gasteiger partial charge in [-0.3, -0.25) is 4.90 Å². The third-order valence-corrected chi connectivity index (χ3v) is 4.52. The smallest absolute Gasteiger partial charge is 0.107 e. The van der Waals surface area contributed by atoms with Crippen LogP contribution in [0.1, 0.15) is 23.5 Å². The lowest BCUT2D eigenvalue weighted by Gasteiger charge is -2.34. The third-order valence-electron chi connectivity index (χ3n) is 2.82. The molecule has 0 N–H and O–H groups in total. The Hall–Kier alpha value is 0.0700. The molecule has 1 aliphatic rings. The largest absolute Gasteiger partial charge is 0.299 e. The van der Waals surface area contributed by atoms with E-state index in [1.165, 1.54) is 24.4 Å². The average molecular weight is 289 g/mol. The van der Waals surface area contributed by atoms with E-state index in [9.17, 15) is 0 Å². The van der Waals surface area contributed by atoms with Gasteiger partial charge in [-0.25, -0.2) is 4.98 Å². The molecule has 1 saturated carbocycles. The molecule has 1 heterocycles. The Labute approximate surface area is 104 Å². The van der Waals surface area contributed by atoms with Crippen molar-refractivity contribution >= 4 is 27.3 Å². The van der Waals surface area contributed by atoms with Crippen molar-refractivity contribution in [1.82, 2.24) is 9.88 Å². The molecule has 0 amide bonds. The zero-order valence-electron chi connectivity index (χ0n) is 9.24. The van der Waals surface area contributed by atoms with Gasteiger partial charge in [0.2, 0.25) is 0 Å². The van der Waals surface area contributed by atoms with Crippen molar-refractivity contribution in [1.29, 1.82) is 0 Å². The number of aromatic nitrogens is 1. The van der Waals surface area contributed by atoms with Crippen molar-refractivity contribution in [2.75, 3.05) is 13.6 Å². The van der Waals surface area contributed by atoms with Crippen LogP contribution in [0.15, 0.2) is 5.38 Å². The maximum atomic E-state index is 4.48. The molecule has 0 radical (unpaired) electrons. The van der Waals surface area contributed by atoms with Crippen LogP contribution in [0.25, 0.3) is 0 Å². The zero-order chi connectivity index (χ0) is 10.8. The number of hydrogen-bond acceptors (Lipinski definition) is 3. The Morgan fingerprint density at radius 3 is 2.87 bits per heavy atom. The summed E-state index contributed by atoms with van der Waals surface area (Å²) in [5.74, 6) is 0.889. The van der Waals surface area contributed by atoms with Crippen LogP contribution in [0.4, 0.5) is 0 Å². The minimum atomic E-state index is 0.776. The molecule has 4 heteroatoms. The molecule has 1 aliphatic carbocycles. The molecule has 0 aliphatic heterocycles. The Bertz CT molecular complexity index is 320. The van der Waals surface area contributed by atoms with Crippen LogP contribution in [0.5, 0.6) is 0 Å². The predicted octanol–water partition coefficient (Wildman–Crippen LogP) is 3.06. The Kier molecular flexibility index (Phi) is 3.80. The van der Waals surface area contributed by atoms with Gasteiger partial charge in [-0.05, 0) is 32.7 Å². The summed E-state index contributed by atoms with van der Waals surface area (Å²) in [6, 6.07) is 0. The summed E-state index contributed by atoms with van der Waals surface area (Å²) in [4.78, 5) is 7.65. The molecule has 0 aromatic carbocycles. The summed E-state index contributed by atoms with van der Waals surface area (Å²) in [6.07, 6.45) is 2.67. The maximum absolute atomic E-state index is 4.48. The first-order valence-electron chi connectivity index (χ1n) is 5.37. The second-order valence-corrected chi connectivity index (χ2v) is 6.75. The highest BCUT2D eigenvalue weighted by atomic mass is 79.9. The van der Waals surface area contributed by atoms with Gasteiger partial charge in [0.05, 0.1) is 6.54 Å². The molecule has 84 valence electrons. The number of aryl methyl sites for hydroxylation is 1. The van der Waals surface area contributed by atoms with Gasteiger partial charge in [0, 0.05) is 22.4 Å². The van der Waals surface area contributed by atoms with Crippen LogP contribution in [0.3, 0.4) is 0 Å². The molecule has 0 unspecified atom stereocenters. The Balaban J connectivity index is 1.75. The van der Waals surface area contributed by atoms with Gasteiger partial charge < -0.3 is 0 Å². The maximum Gasteiger partial charge on any atom is 0.107 e. The molecule has 2 nitrogen and oxygen atoms in total. The van der Waals surface area contributed by atoms with E-state index < -0.39 is 0 Å². The Morgan fingerprint density at radius 2 is 2.33 bits per heavy atom. The molecule has 1 aromatic heterocycles. The summed E-state index contributed by atoms with van der Waals surface area (Å²) in [5, 5.41) is 3.37. The fourth-order valence-corrected chi connectivity index (χ4v) is 3.92. The van der Waals surface area contributed by atoms with Crippen molar-refractivity contribution in [3.8, 4) is 0 Å². The lowest BCUT2D eigenvalue weighted by molar-refractivity contribution is 0.208. The predicted molar refractivity (Wildman–Crippen MR) is 68.6 cm³/mol. The fraction of sp³-hybridized carbons (Fsp3) is 0.727. The van der Waals surface area contributed by atoms with E-state index in [1.807, 2.05) is 0 Å². The van der Waals surface area contributed by atoms with E-state index in [4.69, 9.17) is 0 Å². The first kappa shape index (κ1) is 11.6. The summed E-state index contributed by atoms with van der Waals surface area (Å²) < 4.78 is 0. The van der Waals surface area contributed by atoms with Gasteiger partial charge >= 0.3 is 0 Å². The molecule has 0 saturated heterocycles. The minimum Gasteiger partial charge on any atom is -0.299 e. The average Bonchev–Trinajstić information content (AvgIpc) is 2.48. The van der Waals surface area contributed by atoms with E-state index in [1.54, 1.807) is 11.3 Å². The number of nitrogens with zero attached hydrogens (tertiary/aromatic N) is 2. The quantitative estimate of drug-likeness (QED) is 0.792. The van der Waals surface area contributed by atoms with Gasteiger partial charge in [-0.1, -0.05) is 15.9 Å². The van der Waals surface area contributed by atoms with Crippen LogP contribution < -0.4 is 0 Å². The number of thiazole rings is 1. The van der Waals surface area contributed by atoms with Crippen molar-refractivity contribution in [3.63, 3.8) is 0 Å². The second kappa shape index (κ2) is 4.93. The summed E-state index contributed by atoms with van der Waals surface area (Å²) in [7, 11) is 2.19. The van der Waals surface area contributed by atoms with E-state index in [-0.39, 0.29) is 0 Å². The normalized spacial score (nSPS) is 25.6. The molecule has 2 rings (SSSR count). The van der Waals surface area contributed by atoms with Crippen molar-refractivity contribution < 1.29 is 0 Å². The van der Waals surface area contributed by atoms with E-state index in [2.05, 4.69) is 45.2 Å². The topological polar surface area (TPSA) is 16.1 Å². The van der Waals surface area contributed by atoms with Crippen molar-refractivity contribution in [2.45, 2.75) is 31.1 Å². The van der Waals surface area contributed by atoms with Crippen LogP contribution in [0.2, 0.25) is 0 Å². The highest BCUT2D eigenvalue weighted by Gasteiger charge is 2.27. The highest BCUT2D eigenvalue weighted by Crippen LogP contribution is 2.33. The standard InChI is InChI=1S/C11H17BrN2S/c1-8-7-15-11(13-8)6-14(2)5-9-3-10(12)4-9/h7,9-10H,3-6H2,1-2H3. The van der Waals surface area contributed by atoms with Crippen LogP contribution in [-0.2, 0) is 6.54 Å². The van der Waals surface area contributed by atoms with Gasteiger partial charge in [-0.15, -0.1) is 11.3 Å². The molecule has 0 atom stereocenters. The Morgan fingerprint density at radius 1 is 1.60 bits per heavy atom. The van der Waals surface area contributed by atoms with E-state index >= 15 is 0 Å². The van der Waals surface area contributed by atoms with Crippen molar-refractivity contribution in [2.24, 2.45) is 5.92 Å². The van der Waals surface area contributed by atoms with E-state index in [0.717, 1.165) is 23.0 Å². The number of alkyl halides is 1. The van der Waals surface area contributed by atoms with E-state index in [0.29, 0.717) is 0 Å². The monoisotopic (exact) mass is 288 g/mol. The molecule has 1 aromatic rings. The first-order chi connectivity index (χ1) is 7.13. The minimum absolute atomic E-state index is 0.776. The lowest BCUT2D eigenvalue weighted by Crippen LogP contribution is -2.34. The van der Waals surface area contributed by atoms with Crippen LogP contribution in [-0.4, -0.2) is 28.3 Å². The summed E-state index contributed by atoms with van der Waals surface area (Å²) in [5.41, 5.74) is 1.15. The highest BCUT2D eigenvalue weighted by molar-refractivity contribution is 9.09. The van der Waals surface area contributed by atoms with Crippen LogP contribution >= 0.6 is 27.3 Å². The van der Waals surface area contributed by atoms with Gasteiger partial charge in [0.25, 0.3) is 0 Å². The second-order valence-electron chi connectivity index (χ2n) is 4.51. The number of rotatable bonds is 4. The number of hydrogen-bond donors (Lipinski definition) is 0. The summed E-state index contributed by atoms with van der Waals surface area (Å²) >= 11 is 5.40. The first-order valence-corrected chi connectivity index (χ1v) is 7.16. The molecule has 1 fully saturated rings. The van der Waals surface area contributed by atoms with Crippen LogP contribution in [0, 0.1) is 12.8 Å². The van der Waals surface area contributed by atoms with Gasteiger partial charge in [0.1, 0.15) is 5.01 Å². The zero-order valence-corrected chi connectivity index (χ0v) is 11.6. The van der Waals surface area contributed by atoms with Gasteiger partial charge in [0.15, 0.2) is 0 Å². The molecule has 0 bridgehead atoms. The summed E-state index contributed by atoms with van der Waals surface area (Å²) in [6.45, 7) is 4.27. The molecule has 0 spiro atoms. The lowest BCUT2D eigenvalue weighted by atomic mass is 9.85. The third kappa shape index (κ3) is 3.26. The molecular formula is C11H17BrN2S. The number of halogens is 1. The van der Waals surface area contributed by atoms with Gasteiger partial charge in [-0.2, -0.15) is 0 Å². The SMILES string of the molecule is Cc1csc(CN(C)CC2CC(Br)C2)n1. The molecule has 15 heavy (non-hydrogen) atoms. The van der Waals surface area contributed by atoms with Crippen molar-refractivity contribution in [3.05, 3.63) is 16.1 Å².